The topological polar surface area (TPSA) is 85.4 Å². The third-order valence-electron chi connectivity index (χ3n) is 5.07. The number of carbonyl (C=O) groups excluding carboxylic acids is 1. The van der Waals surface area contributed by atoms with Crippen LogP contribution in [0.2, 0.25) is 0 Å². The van der Waals surface area contributed by atoms with E-state index in [4.69, 9.17) is 0 Å². The van der Waals surface area contributed by atoms with Crippen LogP contribution < -0.4 is 11.2 Å². The number of fused-ring (bicyclic) bond motifs is 1. The van der Waals surface area contributed by atoms with Crippen LogP contribution in [0.4, 0.5) is 0 Å². The summed E-state index contributed by atoms with van der Waals surface area (Å²) in [7, 11) is 7.10. The van der Waals surface area contributed by atoms with E-state index in [1.807, 2.05) is 4.90 Å². The minimum atomic E-state index is -0.435. The first-order valence-corrected chi connectivity index (χ1v) is 8.36. The van der Waals surface area contributed by atoms with Gasteiger partial charge in [-0.2, -0.15) is 0 Å². The lowest BCUT2D eigenvalue weighted by molar-refractivity contribution is -0.133. The van der Waals surface area contributed by atoms with Crippen molar-refractivity contribution < 1.29 is 4.79 Å². The Balaban J connectivity index is 0.00000243. The number of nitrogens with zero attached hydrogens (tertiary/aromatic N) is 6. The number of imidazole rings is 1. The molecule has 0 unspecified atom stereocenters. The third kappa shape index (κ3) is 3.41. The van der Waals surface area contributed by atoms with Crippen LogP contribution >= 0.6 is 12.4 Å². The summed E-state index contributed by atoms with van der Waals surface area (Å²) in [4.78, 5) is 45.2. The summed E-state index contributed by atoms with van der Waals surface area (Å²) >= 11 is 0. The van der Waals surface area contributed by atoms with Crippen molar-refractivity contribution in [2.75, 3.05) is 27.2 Å². The minimum absolute atomic E-state index is 0. The van der Waals surface area contributed by atoms with Crippen LogP contribution in [0, 0.1) is 0 Å². The standard InChI is InChI=1S/C16H24N6O3.ClH/c1-18(2)11-5-7-21(8-6-11)12(23)9-22-10-17-14-13(22)15(24)20(4)16(25)19(14)3;/h10-11H,5-9H2,1-4H3;1H. The number of aryl methyl sites for hydroxylation is 1. The molecule has 1 fully saturated rings. The SMILES string of the molecule is CN(C)C1CCN(C(=O)Cn2cnc3c2c(=O)n(C)c(=O)n3C)CC1.Cl. The van der Waals surface area contributed by atoms with E-state index in [1.165, 1.54) is 22.5 Å². The first kappa shape index (κ1) is 20.2. The summed E-state index contributed by atoms with van der Waals surface area (Å²) in [6, 6.07) is 0.500. The summed E-state index contributed by atoms with van der Waals surface area (Å²) in [6.07, 6.45) is 3.34. The minimum Gasteiger partial charge on any atom is -0.341 e. The van der Waals surface area contributed by atoms with Crippen molar-refractivity contribution in [1.29, 1.82) is 0 Å². The van der Waals surface area contributed by atoms with Crippen LogP contribution in [0.15, 0.2) is 15.9 Å². The number of piperidine rings is 1. The summed E-state index contributed by atoms with van der Waals surface area (Å²) in [5.41, 5.74) is -0.289. The van der Waals surface area contributed by atoms with Gasteiger partial charge in [0, 0.05) is 33.2 Å². The molecule has 1 saturated heterocycles. The Morgan fingerprint density at radius 3 is 2.38 bits per heavy atom. The van der Waals surface area contributed by atoms with Gasteiger partial charge in [-0.15, -0.1) is 12.4 Å². The van der Waals surface area contributed by atoms with Gasteiger partial charge < -0.3 is 14.4 Å². The first-order valence-electron chi connectivity index (χ1n) is 8.36. The predicted molar refractivity (Wildman–Crippen MR) is 101 cm³/mol. The second kappa shape index (κ2) is 7.63. The van der Waals surface area contributed by atoms with Crippen molar-refractivity contribution in [2.24, 2.45) is 14.1 Å². The Bertz CT molecular complexity index is 920. The van der Waals surface area contributed by atoms with Gasteiger partial charge in [-0.25, -0.2) is 9.78 Å². The van der Waals surface area contributed by atoms with Gasteiger partial charge in [0.2, 0.25) is 5.91 Å². The lowest BCUT2D eigenvalue weighted by atomic mass is 10.0. The number of amides is 1. The second-order valence-electron chi connectivity index (χ2n) is 6.83. The van der Waals surface area contributed by atoms with Gasteiger partial charge in [0.1, 0.15) is 6.54 Å². The summed E-state index contributed by atoms with van der Waals surface area (Å²) < 4.78 is 3.89. The molecule has 144 valence electrons. The Hall–Kier alpha value is -2.13. The van der Waals surface area contributed by atoms with Crippen LogP contribution in [-0.4, -0.2) is 67.6 Å². The fourth-order valence-corrected chi connectivity index (χ4v) is 3.39. The highest BCUT2D eigenvalue weighted by Gasteiger charge is 2.25. The molecule has 0 radical (unpaired) electrons. The van der Waals surface area contributed by atoms with Crippen LogP contribution in [0.1, 0.15) is 12.8 Å². The Labute approximate surface area is 157 Å². The summed E-state index contributed by atoms with van der Waals surface area (Å²) in [5, 5.41) is 0. The molecule has 9 nitrogen and oxygen atoms in total. The number of hydrogen-bond donors (Lipinski definition) is 0. The quantitative estimate of drug-likeness (QED) is 0.706. The van der Waals surface area contributed by atoms with Gasteiger partial charge >= 0.3 is 5.69 Å². The molecule has 0 saturated carbocycles. The highest BCUT2D eigenvalue weighted by Crippen LogP contribution is 2.15. The van der Waals surface area contributed by atoms with E-state index < -0.39 is 11.2 Å². The number of carbonyl (C=O) groups is 1. The van der Waals surface area contributed by atoms with E-state index in [0.29, 0.717) is 24.8 Å². The van der Waals surface area contributed by atoms with Crippen molar-refractivity contribution in [3.05, 3.63) is 27.2 Å². The Morgan fingerprint density at radius 1 is 1.19 bits per heavy atom. The zero-order valence-corrected chi connectivity index (χ0v) is 16.3. The maximum atomic E-state index is 12.6. The lowest BCUT2D eigenvalue weighted by Gasteiger charge is -2.35. The van der Waals surface area contributed by atoms with E-state index >= 15 is 0 Å². The van der Waals surface area contributed by atoms with Crippen molar-refractivity contribution in [2.45, 2.75) is 25.4 Å². The number of aromatic nitrogens is 4. The highest BCUT2D eigenvalue weighted by molar-refractivity contribution is 5.85. The third-order valence-corrected chi connectivity index (χ3v) is 5.07. The molecule has 0 bridgehead atoms. The van der Waals surface area contributed by atoms with Gasteiger partial charge in [0.05, 0.1) is 6.33 Å². The van der Waals surface area contributed by atoms with Crippen LogP contribution in [0.25, 0.3) is 11.2 Å². The van der Waals surface area contributed by atoms with E-state index in [9.17, 15) is 14.4 Å². The number of hydrogen-bond acceptors (Lipinski definition) is 5. The maximum absolute atomic E-state index is 12.6. The molecule has 0 aromatic carbocycles. The smallest absolute Gasteiger partial charge is 0.332 e. The summed E-state index contributed by atoms with van der Waals surface area (Å²) in [6.45, 7) is 1.48. The molecule has 2 aromatic rings. The Kier molecular flexibility index (Phi) is 5.92. The number of likely N-dealkylation sites (tertiary alicyclic amines) is 1. The molecule has 2 aromatic heterocycles. The fourth-order valence-electron chi connectivity index (χ4n) is 3.39. The van der Waals surface area contributed by atoms with Gasteiger partial charge in [-0.05, 0) is 26.9 Å². The van der Waals surface area contributed by atoms with Crippen LogP contribution in [-0.2, 0) is 25.4 Å². The second-order valence-corrected chi connectivity index (χ2v) is 6.83. The average molecular weight is 385 g/mol. The molecular weight excluding hydrogens is 360 g/mol. The normalized spacial score (nSPS) is 15.5. The number of rotatable bonds is 3. The molecule has 3 heterocycles. The molecular formula is C16H25ClN6O3. The van der Waals surface area contributed by atoms with E-state index in [0.717, 1.165) is 17.4 Å². The zero-order chi connectivity index (χ0) is 18.3. The van der Waals surface area contributed by atoms with E-state index in [-0.39, 0.29) is 30.4 Å². The molecule has 0 atom stereocenters. The zero-order valence-electron chi connectivity index (χ0n) is 15.5. The maximum Gasteiger partial charge on any atom is 0.332 e. The van der Waals surface area contributed by atoms with Crippen molar-refractivity contribution in [3.63, 3.8) is 0 Å². The van der Waals surface area contributed by atoms with E-state index in [1.54, 1.807) is 7.05 Å². The summed E-state index contributed by atoms with van der Waals surface area (Å²) in [5.74, 6) is -0.0348. The molecule has 0 aliphatic carbocycles. The molecule has 10 heteroatoms. The first-order chi connectivity index (χ1) is 11.8. The molecule has 1 aliphatic rings. The molecule has 3 rings (SSSR count). The van der Waals surface area contributed by atoms with Gasteiger partial charge in [-0.3, -0.25) is 18.7 Å². The van der Waals surface area contributed by atoms with Crippen LogP contribution in [0.5, 0.6) is 0 Å². The monoisotopic (exact) mass is 384 g/mol. The van der Waals surface area contributed by atoms with Gasteiger partial charge in [0.15, 0.2) is 11.2 Å². The van der Waals surface area contributed by atoms with Crippen molar-refractivity contribution >= 4 is 29.5 Å². The number of halogens is 1. The molecule has 26 heavy (non-hydrogen) atoms. The van der Waals surface area contributed by atoms with Crippen molar-refractivity contribution in [1.82, 2.24) is 28.5 Å². The molecule has 1 amide bonds. The largest absolute Gasteiger partial charge is 0.341 e. The fraction of sp³-hybridized carbons (Fsp3) is 0.625. The molecule has 0 spiro atoms. The predicted octanol–water partition coefficient (Wildman–Crippen LogP) is -0.592. The van der Waals surface area contributed by atoms with Crippen molar-refractivity contribution in [3.8, 4) is 0 Å². The van der Waals surface area contributed by atoms with Crippen LogP contribution in [0.3, 0.4) is 0 Å². The van der Waals surface area contributed by atoms with Gasteiger partial charge in [0.25, 0.3) is 5.56 Å². The molecule has 0 N–H and O–H groups in total. The Morgan fingerprint density at radius 2 is 1.81 bits per heavy atom. The lowest BCUT2D eigenvalue weighted by Crippen LogP contribution is -2.45. The van der Waals surface area contributed by atoms with Gasteiger partial charge in [-0.1, -0.05) is 0 Å². The average Bonchev–Trinajstić information content (AvgIpc) is 3.01. The highest BCUT2D eigenvalue weighted by atomic mass is 35.5. The molecule has 1 aliphatic heterocycles. The van der Waals surface area contributed by atoms with E-state index in [2.05, 4.69) is 24.0 Å².